The molecule has 0 rings (SSSR count). The van der Waals surface area contributed by atoms with Gasteiger partial charge < -0.3 is 34.2 Å². The number of allylic oxidation sites excluding steroid dienone is 30. The molecule has 0 aromatic heterocycles. The number of hydrogen-bond acceptors (Lipinski definition) is 14. The molecule has 0 fully saturated rings. The van der Waals surface area contributed by atoms with Crippen LogP contribution in [0, 0.1) is 0 Å². The van der Waals surface area contributed by atoms with Gasteiger partial charge in [-0.05, 0) is 148 Å². The van der Waals surface area contributed by atoms with Gasteiger partial charge in [0.25, 0.3) is 0 Å². The van der Waals surface area contributed by atoms with Gasteiger partial charge in [0.2, 0.25) is 0 Å². The molecule has 0 amide bonds. The van der Waals surface area contributed by atoms with E-state index in [9.17, 15) is 43.5 Å². The first-order chi connectivity index (χ1) is 58.2. The molecule has 18 heteroatoms. The second kappa shape index (κ2) is 91.8. The number of aliphatic hydroxyl groups is 2. The summed E-state index contributed by atoms with van der Waals surface area (Å²) in [5, 5.41) is 20.7. The van der Waals surface area contributed by atoms with Crippen molar-refractivity contribution in [3.63, 3.8) is 0 Å². The van der Waals surface area contributed by atoms with Crippen molar-refractivity contribution in [1.29, 1.82) is 0 Å². The molecule has 0 aliphatic heterocycles. The average molecular weight is 1700 g/mol. The van der Waals surface area contributed by atoms with Gasteiger partial charge in [0.05, 0.1) is 26.4 Å². The standard InChI is InChI=1S/C101H170O16P2/c1-4-7-10-13-16-19-22-25-28-31-33-35-37-39-41-43-45-46-47-48-50-52-53-55-57-59-61-64-66-69-72-75-78-81-84-87-99(104)111-90-96(102)91-113-118(107,108)114-92-97(103)93-115-119(109,110)116-95-98(117-101(106)89-86-83-80-77-74-71-68-63-30-27-24-21-18-15-12-9-6-3)94-112-100(105)88-85-82-79-76-73-70-67-65-62-60-58-56-54-51-49-44-42-40-38-36-34-32-29-26-23-20-17-14-11-8-5-2/h7-12,16-21,25-30,33-36,39-42,68,71,77,80,96-98,102-103H,4-6,13-15,22-24,31-32,37-38,43-67,69-70,72-76,78-79,81-95H2,1-3H3,(H,107,108)(H,109,110)/b10-7-,11-8-,12-9-,19-16-,20-17-,21-18-,28-25-,29-26-,30-27-,35-33-,36-34-,41-39-,42-40-,71-68-,80-77-. The van der Waals surface area contributed by atoms with Gasteiger partial charge in [0.15, 0.2) is 6.10 Å². The Morgan fingerprint density at radius 1 is 0.235 bits per heavy atom. The Morgan fingerprint density at radius 2 is 0.429 bits per heavy atom. The number of carbonyl (C=O) groups excluding carboxylic acids is 3. The predicted octanol–water partition coefficient (Wildman–Crippen LogP) is 29.2. The van der Waals surface area contributed by atoms with E-state index >= 15 is 0 Å². The van der Waals surface area contributed by atoms with E-state index in [-0.39, 0.29) is 19.3 Å². The van der Waals surface area contributed by atoms with Crippen molar-refractivity contribution in [3.8, 4) is 0 Å². The summed E-state index contributed by atoms with van der Waals surface area (Å²) < 4.78 is 61.4. The summed E-state index contributed by atoms with van der Waals surface area (Å²) in [6.07, 6.45) is 121. The lowest BCUT2D eigenvalue weighted by Crippen LogP contribution is -2.30. The van der Waals surface area contributed by atoms with E-state index in [4.69, 9.17) is 32.3 Å². The van der Waals surface area contributed by atoms with Crippen molar-refractivity contribution >= 4 is 33.6 Å². The first kappa shape index (κ1) is 114. The third kappa shape index (κ3) is 93.2. The van der Waals surface area contributed by atoms with Crippen LogP contribution in [0.1, 0.15) is 380 Å². The molecule has 0 aliphatic rings. The van der Waals surface area contributed by atoms with Gasteiger partial charge in [-0.2, -0.15) is 0 Å². The molecule has 0 bridgehead atoms. The van der Waals surface area contributed by atoms with Crippen LogP contribution in [0.5, 0.6) is 0 Å². The summed E-state index contributed by atoms with van der Waals surface area (Å²) in [4.78, 5) is 58.9. The lowest BCUT2D eigenvalue weighted by molar-refractivity contribution is -0.161. The predicted molar refractivity (Wildman–Crippen MR) is 500 cm³/mol. The molecule has 0 heterocycles. The Bertz CT molecular complexity index is 2890. The van der Waals surface area contributed by atoms with Crippen LogP contribution in [0.2, 0.25) is 0 Å². The first-order valence-electron chi connectivity index (χ1n) is 47.1. The Balaban J connectivity index is 4.48. The average Bonchev–Trinajstić information content (AvgIpc) is 0.902. The van der Waals surface area contributed by atoms with E-state index in [0.29, 0.717) is 25.7 Å². The summed E-state index contributed by atoms with van der Waals surface area (Å²) in [6, 6.07) is 0. The lowest BCUT2D eigenvalue weighted by atomic mass is 10.0. The van der Waals surface area contributed by atoms with E-state index in [1.165, 1.54) is 173 Å². The first-order valence-corrected chi connectivity index (χ1v) is 50.1. The zero-order chi connectivity index (χ0) is 86.5. The fourth-order valence-corrected chi connectivity index (χ4v) is 14.2. The SMILES string of the molecule is CC/C=C\C/C=C\C/C=C\C/C=C\C/C=C\CCCCCCCCCCCCCCCCCCCCCC(=O)OCC(O)COP(=O)(O)OCC(O)COP(=O)(O)OCC(COC(=O)CCCCCCCCCCCCCCCCC/C=C\C/C=C\C/C=C\C/C=C\C/C=C\CC)OC(=O)CCC/C=C\C/C=C\C/C=C\C/C=C\C/C=C\CC. The number of esters is 3. The molecule has 0 saturated carbocycles. The summed E-state index contributed by atoms with van der Waals surface area (Å²) in [7, 11) is -9.83. The van der Waals surface area contributed by atoms with Gasteiger partial charge in [-0.15, -0.1) is 0 Å². The molecule has 5 atom stereocenters. The minimum Gasteiger partial charge on any atom is -0.463 e. The van der Waals surface area contributed by atoms with Crippen molar-refractivity contribution in [3.05, 3.63) is 182 Å². The third-order valence-electron chi connectivity index (χ3n) is 19.6. The minimum atomic E-state index is -4.96. The highest BCUT2D eigenvalue weighted by molar-refractivity contribution is 7.47. The molecular formula is C101H170O16P2. The molecule has 0 radical (unpaired) electrons. The highest BCUT2D eigenvalue weighted by Gasteiger charge is 2.29. The smallest absolute Gasteiger partial charge is 0.463 e. The lowest BCUT2D eigenvalue weighted by Gasteiger charge is -2.21. The van der Waals surface area contributed by atoms with Crippen LogP contribution in [0.4, 0.5) is 0 Å². The van der Waals surface area contributed by atoms with Gasteiger partial charge in [-0.1, -0.05) is 396 Å². The van der Waals surface area contributed by atoms with E-state index in [1.54, 1.807) is 0 Å². The molecule has 4 N–H and O–H groups in total. The summed E-state index contributed by atoms with van der Waals surface area (Å²) in [5.41, 5.74) is 0. The van der Waals surface area contributed by atoms with E-state index in [0.717, 1.165) is 141 Å². The molecular weight excluding hydrogens is 1530 g/mol. The number of carbonyl (C=O) groups is 3. The maximum Gasteiger partial charge on any atom is 0.472 e. The molecule has 0 aliphatic carbocycles. The normalized spacial score (nSPS) is 14.6. The maximum atomic E-state index is 13.0. The zero-order valence-electron chi connectivity index (χ0n) is 75.0. The fraction of sp³-hybridized carbons (Fsp3) is 0.673. The van der Waals surface area contributed by atoms with Crippen LogP contribution in [-0.4, -0.2) is 95.9 Å². The van der Waals surface area contributed by atoms with Crippen molar-refractivity contribution < 1.29 is 75.8 Å². The topological polar surface area (TPSA) is 231 Å². The van der Waals surface area contributed by atoms with Crippen LogP contribution >= 0.6 is 15.6 Å². The number of aliphatic hydroxyl groups excluding tert-OH is 2. The number of phosphoric acid groups is 2. The van der Waals surface area contributed by atoms with E-state index < -0.39 is 91.5 Å². The van der Waals surface area contributed by atoms with Crippen LogP contribution < -0.4 is 0 Å². The molecule has 0 spiro atoms. The van der Waals surface area contributed by atoms with Crippen LogP contribution in [0.3, 0.4) is 0 Å². The number of hydrogen-bond donors (Lipinski definition) is 4. The van der Waals surface area contributed by atoms with Gasteiger partial charge in [-0.25, -0.2) is 9.13 Å². The van der Waals surface area contributed by atoms with Crippen LogP contribution in [0.25, 0.3) is 0 Å². The Hall–Kier alpha value is -5.35. The highest BCUT2D eigenvalue weighted by atomic mass is 31.2. The summed E-state index contributed by atoms with van der Waals surface area (Å²) in [6.45, 7) is 2.31. The van der Waals surface area contributed by atoms with E-state index in [2.05, 4.69) is 191 Å². The minimum absolute atomic E-state index is 0.0228. The molecule has 680 valence electrons. The monoisotopic (exact) mass is 1700 g/mol. The maximum absolute atomic E-state index is 13.0. The van der Waals surface area contributed by atoms with Crippen molar-refractivity contribution in [2.75, 3.05) is 39.6 Å². The molecule has 0 saturated heterocycles. The Morgan fingerprint density at radius 3 is 0.689 bits per heavy atom. The van der Waals surface area contributed by atoms with E-state index in [1.807, 2.05) is 12.2 Å². The highest BCUT2D eigenvalue weighted by Crippen LogP contribution is 2.45. The number of ether oxygens (including phenoxy) is 3. The van der Waals surface area contributed by atoms with Gasteiger partial charge in [0, 0.05) is 19.3 Å². The molecule has 119 heavy (non-hydrogen) atoms. The molecule has 5 unspecified atom stereocenters. The quantitative estimate of drug-likeness (QED) is 0.0146. The second-order valence-electron chi connectivity index (χ2n) is 31.0. The fourth-order valence-electron chi connectivity index (χ4n) is 12.6. The van der Waals surface area contributed by atoms with Crippen molar-refractivity contribution in [2.45, 2.75) is 399 Å². The van der Waals surface area contributed by atoms with Crippen LogP contribution in [-0.2, 0) is 55.8 Å². The summed E-state index contributed by atoms with van der Waals surface area (Å²) >= 11 is 0. The Labute approximate surface area is 725 Å². The number of phosphoric ester groups is 2. The van der Waals surface area contributed by atoms with Gasteiger partial charge in [-0.3, -0.25) is 32.5 Å². The van der Waals surface area contributed by atoms with Crippen molar-refractivity contribution in [2.24, 2.45) is 0 Å². The molecule has 0 aromatic carbocycles. The van der Waals surface area contributed by atoms with Gasteiger partial charge >= 0.3 is 33.6 Å². The molecule has 16 nitrogen and oxygen atoms in total. The number of rotatable bonds is 88. The third-order valence-corrected chi connectivity index (χ3v) is 21.5. The summed E-state index contributed by atoms with van der Waals surface area (Å²) in [5.74, 6) is -1.64. The van der Waals surface area contributed by atoms with Gasteiger partial charge in [0.1, 0.15) is 25.4 Å². The largest absolute Gasteiger partial charge is 0.472 e. The Kier molecular flexibility index (Phi) is 87.7. The zero-order valence-corrected chi connectivity index (χ0v) is 76.8. The van der Waals surface area contributed by atoms with Crippen LogP contribution in [0.15, 0.2) is 182 Å². The van der Waals surface area contributed by atoms with Crippen molar-refractivity contribution in [1.82, 2.24) is 0 Å². The second-order valence-corrected chi connectivity index (χ2v) is 33.9. The molecule has 0 aromatic rings. The number of unbranched alkanes of at least 4 members (excludes halogenated alkanes) is 35.